The van der Waals surface area contributed by atoms with Gasteiger partial charge in [0.15, 0.2) is 0 Å². The number of carbonyl (C=O) groups excluding carboxylic acids is 2. The molecule has 6 heteroatoms. The number of benzene rings is 2. The van der Waals surface area contributed by atoms with E-state index in [1.165, 1.54) is 13.0 Å². The van der Waals surface area contributed by atoms with E-state index in [4.69, 9.17) is 16.0 Å². The lowest BCUT2D eigenvalue weighted by Crippen LogP contribution is -2.10. The average molecular weight is 355 g/mol. The number of furan rings is 1. The van der Waals surface area contributed by atoms with E-state index in [-0.39, 0.29) is 11.8 Å². The van der Waals surface area contributed by atoms with Gasteiger partial charge in [-0.05, 0) is 36.4 Å². The molecule has 2 aromatic carbocycles. The van der Waals surface area contributed by atoms with Crippen molar-refractivity contribution >= 4 is 51.8 Å². The highest BCUT2D eigenvalue weighted by Crippen LogP contribution is 2.25. The third-order valence-electron chi connectivity index (χ3n) is 3.39. The smallest absolute Gasteiger partial charge is 0.248 e. The quantitative estimate of drug-likeness (QED) is 0.667. The first-order valence-electron chi connectivity index (χ1n) is 7.56. The van der Waals surface area contributed by atoms with Crippen LogP contribution < -0.4 is 10.6 Å². The number of hydrogen-bond donors (Lipinski definition) is 2. The van der Waals surface area contributed by atoms with Gasteiger partial charge in [-0.2, -0.15) is 0 Å². The Morgan fingerprint density at radius 3 is 2.64 bits per heavy atom. The summed E-state index contributed by atoms with van der Waals surface area (Å²) < 4.78 is 5.62. The van der Waals surface area contributed by atoms with Gasteiger partial charge >= 0.3 is 0 Å². The van der Waals surface area contributed by atoms with Crippen LogP contribution in [0.2, 0.25) is 5.02 Å². The zero-order valence-electron chi connectivity index (χ0n) is 13.4. The molecule has 0 spiro atoms. The van der Waals surface area contributed by atoms with E-state index >= 15 is 0 Å². The van der Waals surface area contributed by atoms with Crippen LogP contribution in [0.15, 0.2) is 59.0 Å². The molecule has 3 rings (SSSR count). The second-order valence-electron chi connectivity index (χ2n) is 5.38. The number of amides is 2. The van der Waals surface area contributed by atoms with E-state index in [1.54, 1.807) is 24.3 Å². The fourth-order valence-electron chi connectivity index (χ4n) is 2.31. The second kappa shape index (κ2) is 7.23. The highest BCUT2D eigenvalue weighted by Gasteiger charge is 2.06. The summed E-state index contributed by atoms with van der Waals surface area (Å²) in [6.07, 6.45) is 2.98. The molecule has 0 aliphatic heterocycles. The number of nitrogens with one attached hydrogen (secondary N) is 2. The summed E-state index contributed by atoms with van der Waals surface area (Å²) in [4.78, 5) is 23.2. The summed E-state index contributed by atoms with van der Waals surface area (Å²) in [5, 5.41) is 6.68. The molecule has 0 unspecified atom stereocenters. The Morgan fingerprint density at radius 1 is 1.08 bits per heavy atom. The maximum atomic E-state index is 12.1. The summed E-state index contributed by atoms with van der Waals surface area (Å²) in [5.74, 6) is 0.0260. The number of anilines is 2. The molecule has 0 saturated heterocycles. The van der Waals surface area contributed by atoms with Crippen molar-refractivity contribution in [1.82, 2.24) is 0 Å². The topological polar surface area (TPSA) is 71.3 Å². The molecule has 2 N–H and O–H groups in total. The molecule has 2 amide bonds. The van der Waals surface area contributed by atoms with E-state index in [0.717, 1.165) is 11.0 Å². The normalized spacial score (nSPS) is 11.0. The molecule has 0 radical (unpaired) electrons. The number of carbonyl (C=O) groups is 2. The minimum atomic E-state index is -0.323. The Labute approximate surface area is 149 Å². The molecule has 0 fully saturated rings. The molecule has 0 saturated carbocycles. The summed E-state index contributed by atoms with van der Waals surface area (Å²) >= 11 is 6.00. The van der Waals surface area contributed by atoms with Gasteiger partial charge in [0.2, 0.25) is 11.8 Å². The van der Waals surface area contributed by atoms with Crippen LogP contribution in [-0.4, -0.2) is 11.8 Å². The monoisotopic (exact) mass is 354 g/mol. The van der Waals surface area contributed by atoms with Gasteiger partial charge in [0.1, 0.15) is 11.3 Å². The Balaban J connectivity index is 1.70. The third-order valence-corrected chi connectivity index (χ3v) is 3.72. The molecule has 3 aromatic rings. The van der Waals surface area contributed by atoms with Crippen LogP contribution in [0.1, 0.15) is 12.7 Å². The van der Waals surface area contributed by atoms with Crippen LogP contribution in [0.3, 0.4) is 0 Å². The maximum absolute atomic E-state index is 12.1. The molecular weight excluding hydrogens is 340 g/mol. The van der Waals surface area contributed by atoms with Crippen molar-refractivity contribution in [3.8, 4) is 0 Å². The first-order chi connectivity index (χ1) is 12.0. The van der Waals surface area contributed by atoms with E-state index in [0.29, 0.717) is 22.2 Å². The zero-order valence-corrected chi connectivity index (χ0v) is 14.1. The predicted molar refractivity (Wildman–Crippen MR) is 99.6 cm³/mol. The van der Waals surface area contributed by atoms with Gasteiger partial charge in [-0.25, -0.2) is 0 Å². The summed E-state index contributed by atoms with van der Waals surface area (Å²) in [6.45, 7) is 1.39. The molecule has 0 aliphatic carbocycles. The van der Waals surface area contributed by atoms with Crippen LogP contribution in [0.4, 0.5) is 11.4 Å². The number of rotatable bonds is 4. The fraction of sp³-hybridized carbons (Fsp3) is 0.0526. The Bertz CT molecular complexity index is 943. The largest absolute Gasteiger partial charge is 0.457 e. The molecule has 1 heterocycles. The van der Waals surface area contributed by atoms with Gasteiger partial charge in [-0.15, -0.1) is 0 Å². The molecule has 0 atom stereocenters. The van der Waals surface area contributed by atoms with Crippen LogP contribution in [-0.2, 0) is 9.59 Å². The Morgan fingerprint density at radius 2 is 1.88 bits per heavy atom. The first-order valence-corrected chi connectivity index (χ1v) is 7.94. The Hall–Kier alpha value is -3.05. The van der Waals surface area contributed by atoms with Crippen LogP contribution >= 0.6 is 11.6 Å². The summed E-state index contributed by atoms with van der Waals surface area (Å²) in [7, 11) is 0. The summed E-state index contributed by atoms with van der Waals surface area (Å²) in [6, 6.07) is 14.3. The zero-order chi connectivity index (χ0) is 17.8. The van der Waals surface area contributed by atoms with Crippen molar-refractivity contribution < 1.29 is 14.0 Å². The molecule has 25 heavy (non-hydrogen) atoms. The van der Waals surface area contributed by atoms with Gasteiger partial charge in [0, 0.05) is 24.1 Å². The highest BCUT2D eigenvalue weighted by atomic mass is 35.5. The predicted octanol–water partition coefficient (Wildman–Crippen LogP) is 4.70. The fourth-order valence-corrected chi connectivity index (χ4v) is 2.48. The van der Waals surface area contributed by atoms with Crippen molar-refractivity contribution in [3.63, 3.8) is 0 Å². The van der Waals surface area contributed by atoms with Crippen molar-refractivity contribution in [1.29, 1.82) is 0 Å². The van der Waals surface area contributed by atoms with E-state index in [1.807, 2.05) is 30.3 Å². The van der Waals surface area contributed by atoms with E-state index < -0.39 is 0 Å². The molecule has 126 valence electrons. The third kappa shape index (κ3) is 4.28. The van der Waals surface area contributed by atoms with Crippen molar-refractivity contribution in [2.24, 2.45) is 0 Å². The minimum Gasteiger partial charge on any atom is -0.457 e. The van der Waals surface area contributed by atoms with Crippen LogP contribution in [0.25, 0.3) is 17.0 Å². The van der Waals surface area contributed by atoms with Gasteiger partial charge in [-0.1, -0.05) is 29.8 Å². The molecule has 1 aromatic heterocycles. The van der Waals surface area contributed by atoms with Crippen molar-refractivity contribution in [3.05, 3.63) is 65.4 Å². The molecule has 5 nitrogen and oxygen atoms in total. The molecular formula is C19H15ClN2O3. The second-order valence-corrected chi connectivity index (χ2v) is 5.79. The number of para-hydroxylation sites is 1. The van der Waals surface area contributed by atoms with Gasteiger partial charge in [0.25, 0.3) is 0 Å². The highest BCUT2D eigenvalue weighted by molar-refractivity contribution is 6.33. The maximum Gasteiger partial charge on any atom is 0.248 e. The SMILES string of the molecule is CC(=O)Nc1cc(NC(=O)C=Cc2cc3ccccc3o2)ccc1Cl. The van der Waals surface area contributed by atoms with Crippen molar-refractivity contribution in [2.75, 3.05) is 10.6 Å². The number of fused-ring (bicyclic) bond motifs is 1. The van der Waals surface area contributed by atoms with E-state index in [9.17, 15) is 9.59 Å². The lowest BCUT2D eigenvalue weighted by molar-refractivity contribution is -0.114. The van der Waals surface area contributed by atoms with Gasteiger partial charge < -0.3 is 15.1 Å². The Kier molecular flexibility index (Phi) is 4.86. The first kappa shape index (κ1) is 16.8. The summed E-state index contributed by atoms with van der Waals surface area (Å²) in [5.41, 5.74) is 1.72. The molecule has 0 bridgehead atoms. The van der Waals surface area contributed by atoms with Crippen LogP contribution in [0.5, 0.6) is 0 Å². The lowest BCUT2D eigenvalue weighted by atomic mass is 10.2. The minimum absolute atomic E-state index is 0.241. The average Bonchev–Trinajstić information content (AvgIpc) is 2.98. The number of halogens is 1. The van der Waals surface area contributed by atoms with Crippen molar-refractivity contribution in [2.45, 2.75) is 6.92 Å². The van der Waals surface area contributed by atoms with Gasteiger partial charge in [-0.3, -0.25) is 9.59 Å². The molecule has 0 aliphatic rings. The number of hydrogen-bond acceptors (Lipinski definition) is 3. The van der Waals surface area contributed by atoms with E-state index in [2.05, 4.69) is 10.6 Å². The van der Waals surface area contributed by atoms with Crippen LogP contribution in [0, 0.1) is 0 Å². The standard InChI is InChI=1S/C19H15ClN2O3/c1-12(23)21-17-11-14(6-8-16(17)20)22-19(24)9-7-15-10-13-4-2-3-5-18(13)25-15/h2-11H,1H3,(H,21,23)(H,22,24). The van der Waals surface area contributed by atoms with Gasteiger partial charge in [0.05, 0.1) is 10.7 Å². The lowest BCUT2D eigenvalue weighted by Gasteiger charge is -2.08.